The lowest BCUT2D eigenvalue weighted by Gasteiger charge is -2.11. The van der Waals surface area contributed by atoms with E-state index < -0.39 is 0 Å². The van der Waals surface area contributed by atoms with Gasteiger partial charge in [0.2, 0.25) is 0 Å². The molecule has 0 radical (unpaired) electrons. The third-order valence-corrected chi connectivity index (χ3v) is 4.47. The van der Waals surface area contributed by atoms with Crippen LogP contribution in [0.5, 0.6) is 0 Å². The van der Waals surface area contributed by atoms with Gasteiger partial charge in [-0.25, -0.2) is 4.98 Å². The monoisotopic (exact) mass is 338 g/mol. The Labute approximate surface area is 125 Å². The number of carbonyl (C=O) groups is 1. The quantitative estimate of drug-likeness (QED) is 0.922. The standard InChI is InChI=1S/C14H15BrN2OS/c1-9-3-4-11(12(15)7-9)13(18)17-8-10(2)14-16-5-6-19-14/h3-7,10H,8H2,1-2H3,(H,17,18). The van der Waals surface area contributed by atoms with E-state index in [0.29, 0.717) is 12.1 Å². The van der Waals surface area contributed by atoms with Crippen LogP contribution in [0.15, 0.2) is 34.2 Å². The molecule has 2 aromatic rings. The lowest BCUT2D eigenvalue weighted by molar-refractivity contribution is 0.0951. The van der Waals surface area contributed by atoms with E-state index in [0.717, 1.165) is 15.0 Å². The van der Waals surface area contributed by atoms with Crippen LogP contribution in [0.4, 0.5) is 0 Å². The number of amides is 1. The van der Waals surface area contributed by atoms with Crippen LogP contribution in [0, 0.1) is 6.92 Å². The molecule has 100 valence electrons. The minimum Gasteiger partial charge on any atom is -0.351 e. The maximum atomic E-state index is 12.1. The van der Waals surface area contributed by atoms with Crippen LogP contribution in [0.2, 0.25) is 0 Å². The highest BCUT2D eigenvalue weighted by Crippen LogP contribution is 2.19. The number of hydrogen-bond donors (Lipinski definition) is 1. The van der Waals surface area contributed by atoms with Gasteiger partial charge in [0.05, 0.1) is 10.6 Å². The highest BCUT2D eigenvalue weighted by molar-refractivity contribution is 9.10. The molecule has 0 aliphatic heterocycles. The number of rotatable bonds is 4. The van der Waals surface area contributed by atoms with Crippen LogP contribution in [-0.4, -0.2) is 17.4 Å². The van der Waals surface area contributed by atoms with E-state index in [-0.39, 0.29) is 11.8 Å². The zero-order chi connectivity index (χ0) is 13.8. The average molecular weight is 339 g/mol. The molecule has 1 atom stereocenters. The maximum absolute atomic E-state index is 12.1. The van der Waals surface area contributed by atoms with E-state index in [2.05, 4.69) is 33.2 Å². The molecule has 3 nitrogen and oxygen atoms in total. The summed E-state index contributed by atoms with van der Waals surface area (Å²) >= 11 is 5.03. The maximum Gasteiger partial charge on any atom is 0.252 e. The predicted molar refractivity (Wildman–Crippen MR) is 81.7 cm³/mol. The fourth-order valence-electron chi connectivity index (χ4n) is 1.71. The highest BCUT2D eigenvalue weighted by Gasteiger charge is 2.13. The molecule has 1 aromatic heterocycles. The largest absolute Gasteiger partial charge is 0.351 e. The Kier molecular flexibility index (Phi) is 4.71. The van der Waals surface area contributed by atoms with Gasteiger partial charge in [-0.15, -0.1) is 11.3 Å². The van der Waals surface area contributed by atoms with E-state index in [4.69, 9.17) is 0 Å². The first-order chi connectivity index (χ1) is 9.08. The third-order valence-electron chi connectivity index (χ3n) is 2.81. The van der Waals surface area contributed by atoms with Crippen LogP contribution in [0.3, 0.4) is 0 Å². The van der Waals surface area contributed by atoms with Crippen LogP contribution in [0.25, 0.3) is 0 Å². The predicted octanol–water partition coefficient (Wildman–Crippen LogP) is 3.75. The van der Waals surface area contributed by atoms with Crippen LogP contribution < -0.4 is 5.32 Å². The average Bonchev–Trinajstić information content (AvgIpc) is 2.89. The number of halogens is 1. The van der Waals surface area contributed by atoms with Crippen molar-refractivity contribution in [2.24, 2.45) is 0 Å². The zero-order valence-electron chi connectivity index (χ0n) is 10.8. The van der Waals surface area contributed by atoms with Crippen molar-refractivity contribution in [1.29, 1.82) is 0 Å². The first kappa shape index (κ1) is 14.2. The van der Waals surface area contributed by atoms with Gasteiger partial charge in [0.1, 0.15) is 0 Å². The highest BCUT2D eigenvalue weighted by atomic mass is 79.9. The van der Waals surface area contributed by atoms with Gasteiger partial charge in [-0.3, -0.25) is 4.79 Å². The molecule has 0 saturated carbocycles. The fourth-order valence-corrected chi connectivity index (χ4v) is 3.08. The zero-order valence-corrected chi connectivity index (χ0v) is 13.2. The Bertz CT molecular complexity index is 569. The minimum atomic E-state index is -0.0599. The van der Waals surface area contributed by atoms with Crippen LogP contribution >= 0.6 is 27.3 Å². The molecule has 1 N–H and O–H groups in total. The van der Waals surface area contributed by atoms with Crippen molar-refractivity contribution in [2.75, 3.05) is 6.54 Å². The van der Waals surface area contributed by atoms with Crippen LogP contribution in [-0.2, 0) is 0 Å². The van der Waals surface area contributed by atoms with Gasteiger partial charge in [-0.2, -0.15) is 0 Å². The molecule has 2 rings (SSSR count). The molecule has 0 bridgehead atoms. The van der Waals surface area contributed by atoms with E-state index in [1.54, 1.807) is 17.5 Å². The van der Waals surface area contributed by atoms with Crippen LogP contribution in [0.1, 0.15) is 33.8 Å². The Morgan fingerprint density at radius 3 is 2.95 bits per heavy atom. The number of aromatic nitrogens is 1. The molecular weight excluding hydrogens is 324 g/mol. The molecule has 5 heteroatoms. The second-order valence-corrected chi connectivity index (χ2v) is 6.25. The number of hydrogen-bond acceptors (Lipinski definition) is 3. The molecule has 19 heavy (non-hydrogen) atoms. The summed E-state index contributed by atoms with van der Waals surface area (Å²) in [6, 6.07) is 5.71. The lowest BCUT2D eigenvalue weighted by Crippen LogP contribution is -2.27. The lowest BCUT2D eigenvalue weighted by atomic mass is 10.1. The summed E-state index contributed by atoms with van der Waals surface area (Å²) in [5.74, 6) is 0.170. The van der Waals surface area contributed by atoms with Gasteiger partial charge in [-0.1, -0.05) is 13.0 Å². The molecule has 0 spiro atoms. The summed E-state index contributed by atoms with van der Waals surface area (Å²) in [5, 5.41) is 5.94. The van der Waals surface area contributed by atoms with Gasteiger partial charge in [0.15, 0.2) is 0 Å². The van der Waals surface area contributed by atoms with Crippen molar-refractivity contribution < 1.29 is 4.79 Å². The van der Waals surface area contributed by atoms with Crippen molar-refractivity contribution in [2.45, 2.75) is 19.8 Å². The molecule has 1 unspecified atom stereocenters. The molecule has 1 amide bonds. The second-order valence-electron chi connectivity index (χ2n) is 4.46. The Hall–Kier alpha value is -1.20. The fraction of sp³-hybridized carbons (Fsp3) is 0.286. The van der Waals surface area contributed by atoms with Gasteiger partial charge in [0, 0.05) is 28.5 Å². The van der Waals surface area contributed by atoms with Crippen molar-refractivity contribution in [1.82, 2.24) is 10.3 Å². The summed E-state index contributed by atoms with van der Waals surface area (Å²) in [6.45, 7) is 4.65. The van der Waals surface area contributed by atoms with E-state index in [1.807, 2.05) is 30.5 Å². The van der Waals surface area contributed by atoms with Gasteiger partial charge >= 0.3 is 0 Å². The first-order valence-electron chi connectivity index (χ1n) is 6.01. The van der Waals surface area contributed by atoms with Gasteiger partial charge < -0.3 is 5.32 Å². The molecule has 0 fully saturated rings. The van der Waals surface area contributed by atoms with Gasteiger partial charge in [-0.05, 0) is 40.5 Å². The SMILES string of the molecule is Cc1ccc(C(=O)NCC(C)c2nccs2)c(Br)c1. The molecule has 0 aliphatic carbocycles. The Morgan fingerprint density at radius 1 is 1.53 bits per heavy atom. The molecule has 1 aromatic carbocycles. The van der Waals surface area contributed by atoms with Gasteiger partial charge in [0.25, 0.3) is 5.91 Å². The van der Waals surface area contributed by atoms with Crippen molar-refractivity contribution >= 4 is 33.2 Å². The number of nitrogens with one attached hydrogen (secondary N) is 1. The number of benzene rings is 1. The number of carbonyl (C=O) groups excluding carboxylic acids is 1. The van der Waals surface area contributed by atoms with E-state index >= 15 is 0 Å². The second kappa shape index (κ2) is 6.30. The Morgan fingerprint density at radius 2 is 2.32 bits per heavy atom. The number of aryl methyl sites for hydroxylation is 1. The first-order valence-corrected chi connectivity index (χ1v) is 7.69. The van der Waals surface area contributed by atoms with Crippen molar-refractivity contribution in [3.05, 3.63) is 50.4 Å². The third kappa shape index (κ3) is 3.64. The number of thiazole rings is 1. The summed E-state index contributed by atoms with van der Waals surface area (Å²) < 4.78 is 0.826. The molecule has 0 aliphatic rings. The minimum absolute atomic E-state index is 0.0599. The smallest absolute Gasteiger partial charge is 0.252 e. The molecule has 1 heterocycles. The van der Waals surface area contributed by atoms with Crippen molar-refractivity contribution in [3.8, 4) is 0 Å². The summed E-state index contributed by atoms with van der Waals surface area (Å²) in [7, 11) is 0. The normalized spacial score (nSPS) is 12.2. The number of nitrogens with zero attached hydrogens (tertiary/aromatic N) is 1. The Balaban J connectivity index is 1.98. The summed E-state index contributed by atoms with van der Waals surface area (Å²) in [4.78, 5) is 16.3. The van der Waals surface area contributed by atoms with E-state index in [1.165, 1.54) is 0 Å². The summed E-state index contributed by atoms with van der Waals surface area (Å²) in [6.07, 6.45) is 1.79. The topological polar surface area (TPSA) is 42.0 Å². The molecule has 0 saturated heterocycles. The summed E-state index contributed by atoms with van der Waals surface area (Å²) in [5.41, 5.74) is 1.79. The molecular formula is C14H15BrN2OS. The van der Waals surface area contributed by atoms with E-state index in [9.17, 15) is 4.79 Å². The van der Waals surface area contributed by atoms with Crippen molar-refractivity contribution in [3.63, 3.8) is 0 Å².